The van der Waals surface area contributed by atoms with Crippen molar-refractivity contribution in [3.8, 4) is 0 Å². The van der Waals surface area contributed by atoms with E-state index in [1.807, 2.05) is 19.1 Å². The van der Waals surface area contributed by atoms with Gasteiger partial charge in [-0.1, -0.05) is 6.07 Å². The third-order valence-electron chi connectivity index (χ3n) is 4.08. The summed E-state index contributed by atoms with van der Waals surface area (Å²) in [4.78, 5) is 26.2. The number of rotatable bonds is 4. The first-order chi connectivity index (χ1) is 12.0. The molecule has 1 atom stereocenters. The lowest BCUT2D eigenvalue weighted by Gasteiger charge is -2.24. The molecular weight excluding hydrogens is 320 g/mol. The average molecular weight is 342 g/mol. The van der Waals surface area contributed by atoms with E-state index >= 15 is 0 Å². The minimum absolute atomic E-state index is 0.217. The van der Waals surface area contributed by atoms with Gasteiger partial charge in [0.2, 0.25) is 5.95 Å². The zero-order valence-electron chi connectivity index (χ0n) is 14.2. The Kier molecular flexibility index (Phi) is 5.08. The second kappa shape index (κ2) is 7.43. The van der Waals surface area contributed by atoms with E-state index in [1.165, 1.54) is 0 Å². The smallest absolute Gasteiger partial charge is 0.267 e. The second-order valence-electron chi connectivity index (χ2n) is 6.20. The lowest BCUT2D eigenvalue weighted by Crippen LogP contribution is -2.32. The fraction of sp³-hybridized carbons (Fsp3) is 0.412. The maximum Gasteiger partial charge on any atom is 0.267 e. The Balaban J connectivity index is 1.75. The summed E-state index contributed by atoms with van der Waals surface area (Å²) < 4.78 is 5.73. The van der Waals surface area contributed by atoms with Gasteiger partial charge in [-0.2, -0.15) is 4.98 Å². The van der Waals surface area contributed by atoms with Gasteiger partial charge in [-0.3, -0.25) is 4.79 Å². The molecule has 4 N–H and O–H groups in total. The van der Waals surface area contributed by atoms with Crippen LogP contribution in [0, 0.1) is 12.8 Å². The van der Waals surface area contributed by atoms with E-state index < -0.39 is 5.91 Å². The van der Waals surface area contributed by atoms with E-state index in [1.54, 1.807) is 12.1 Å². The first-order valence-electron chi connectivity index (χ1n) is 8.21. The van der Waals surface area contributed by atoms with Crippen LogP contribution >= 0.6 is 0 Å². The summed E-state index contributed by atoms with van der Waals surface area (Å²) in [6.07, 6.45) is 0.692. The fourth-order valence-corrected chi connectivity index (χ4v) is 2.97. The largest absolute Gasteiger partial charge is 0.379 e. The van der Waals surface area contributed by atoms with Crippen LogP contribution in [0.25, 0.3) is 0 Å². The highest BCUT2D eigenvalue weighted by Crippen LogP contribution is 2.19. The number of ether oxygens (including phenoxy) is 1. The molecule has 3 rings (SSSR count). The molecule has 0 aromatic carbocycles. The quantitative estimate of drug-likeness (QED) is 0.832. The Labute approximate surface area is 146 Å². The number of aromatic nitrogens is 3. The first-order valence-corrected chi connectivity index (χ1v) is 8.21. The van der Waals surface area contributed by atoms with Gasteiger partial charge >= 0.3 is 0 Å². The number of anilines is 2. The van der Waals surface area contributed by atoms with Crippen molar-refractivity contribution in [1.82, 2.24) is 15.0 Å². The van der Waals surface area contributed by atoms with Gasteiger partial charge in [0.1, 0.15) is 11.5 Å². The highest BCUT2D eigenvalue weighted by atomic mass is 16.5. The molecule has 0 spiro atoms. The zero-order valence-corrected chi connectivity index (χ0v) is 14.2. The number of aryl methyl sites for hydroxylation is 1. The summed E-state index contributed by atoms with van der Waals surface area (Å²) in [6, 6.07) is 7.24. The maximum absolute atomic E-state index is 11.3. The second-order valence-corrected chi connectivity index (χ2v) is 6.20. The topological polar surface area (TPSA) is 120 Å². The van der Waals surface area contributed by atoms with Crippen molar-refractivity contribution in [3.63, 3.8) is 0 Å². The summed E-state index contributed by atoms with van der Waals surface area (Å²) in [7, 11) is 0. The van der Waals surface area contributed by atoms with Gasteiger partial charge in [-0.15, -0.1) is 0 Å². The van der Waals surface area contributed by atoms with Crippen LogP contribution in [0.3, 0.4) is 0 Å². The van der Waals surface area contributed by atoms with Gasteiger partial charge in [0.05, 0.1) is 13.2 Å². The Morgan fingerprint density at radius 1 is 1.36 bits per heavy atom. The summed E-state index contributed by atoms with van der Waals surface area (Å²) in [5.74, 6) is 0.772. The van der Waals surface area contributed by atoms with Crippen LogP contribution in [0.5, 0.6) is 0 Å². The van der Waals surface area contributed by atoms with E-state index in [4.69, 9.17) is 16.2 Å². The van der Waals surface area contributed by atoms with Crippen LogP contribution in [-0.4, -0.2) is 47.2 Å². The number of nitrogens with zero attached hydrogens (tertiary/aromatic N) is 4. The molecule has 25 heavy (non-hydrogen) atoms. The van der Waals surface area contributed by atoms with Gasteiger partial charge in [-0.05, 0) is 25.5 Å². The van der Waals surface area contributed by atoms with Crippen LogP contribution in [-0.2, 0) is 11.2 Å². The maximum atomic E-state index is 11.3. The molecule has 1 saturated heterocycles. The fourth-order valence-electron chi connectivity index (χ4n) is 2.97. The highest BCUT2D eigenvalue weighted by Gasteiger charge is 2.21. The van der Waals surface area contributed by atoms with Crippen molar-refractivity contribution in [2.24, 2.45) is 11.7 Å². The first kappa shape index (κ1) is 17.1. The number of primary amides is 1. The van der Waals surface area contributed by atoms with E-state index in [2.05, 4.69) is 19.9 Å². The van der Waals surface area contributed by atoms with E-state index in [9.17, 15) is 4.79 Å². The Bertz CT molecular complexity index is 746. The van der Waals surface area contributed by atoms with Crippen molar-refractivity contribution in [1.29, 1.82) is 0 Å². The predicted molar refractivity (Wildman–Crippen MR) is 94.2 cm³/mol. The molecule has 1 aliphatic heterocycles. The number of nitrogen functional groups attached to an aromatic ring is 1. The van der Waals surface area contributed by atoms with Crippen LogP contribution in [0.2, 0.25) is 0 Å². The average Bonchev–Trinajstić information content (AvgIpc) is 2.80. The minimum atomic E-state index is -0.521. The van der Waals surface area contributed by atoms with Crippen molar-refractivity contribution >= 4 is 17.7 Å². The number of pyridine rings is 1. The number of hydrogen-bond acceptors (Lipinski definition) is 7. The van der Waals surface area contributed by atoms with Gasteiger partial charge in [0.15, 0.2) is 0 Å². The van der Waals surface area contributed by atoms with Crippen LogP contribution in [0.1, 0.15) is 21.9 Å². The van der Waals surface area contributed by atoms with Crippen molar-refractivity contribution in [2.45, 2.75) is 13.3 Å². The van der Waals surface area contributed by atoms with Crippen LogP contribution in [0.4, 0.5) is 11.8 Å². The predicted octanol–water partition coefficient (Wildman–Crippen LogP) is 0.557. The van der Waals surface area contributed by atoms with Gasteiger partial charge in [-0.25, -0.2) is 9.97 Å². The summed E-state index contributed by atoms with van der Waals surface area (Å²) in [6.45, 7) is 4.64. The van der Waals surface area contributed by atoms with Crippen molar-refractivity contribution < 1.29 is 9.53 Å². The molecule has 8 nitrogen and oxygen atoms in total. The highest BCUT2D eigenvalue weighted by molar-refractivity contribution is 5.90. The molecule has 1 fully saturated rings. The normalized spacial score (nSPS) is 18.0. The molecule has 0 saturated carbocycles. The lowest BCUT2D eigenvalue weighted by molar-refractivity contribution is 0.0995. The van der Waals surface area contributed by atoms with E-state index in [0.29, 0.717) is 19.6 Å². The SMILES string of the molecule is Cc1cc(N2CCOCC(Cc3cccc(C(N)=O)n3)C2)nc(N)n1. The van der Waals surface area contributed by atoms with Crippen molar-refractivity contribution in [3.05, 3.63) is 41.3 Å². The molecule has 132 valence electrons. The molecule has 2 aromatic heterocycles. The molecule has 0 aliphatic carbocycles. The lowest BCUT2D eigenvalue weighted by atomic mass is 10.0. The number of amides is 1. The Morgan fingerprint density at radius 2 is 2.20 bits per heavy atom. The van der Waals surface area contributed by atoms with Crippen molar-refractivity contribution in [2.75, 3.05) is 36.9 Å². The molecule has 3 heterocycles. The summed E-state index contributed by atoms with van der Waals surface area (Å²) >= 11 is 0. The van der Waals surface area contributed by atoms with Gasteiger partial charge < -0.3 is 21.1 Å². The third kappa shape index (κ3) is 4.42. The molecule has 2 aromatic rings. The molecule has 1 unspecified atom stereocenters. The Morgan fingerprint density at radius 3 is 2.96 bits per heavy atom. The molecule has 8 heteroatoms. The summed E-state index contributed by atoms with van der Waals surface area (Å²) in [5, 5.41) is 0. The molecule has 0 bridgehead atoms. The standard InChI is InChI=1S/C17H22N6O2/c1-11-7-15(22-17(19)20-11)23-5-6-25-10-12(9-23)8-13-3-2-4-14(21-13)16(18)24/h2-4,7,12H,5-6,8-10H2,1H3,(H2,18,24)(H2,19,20,22). The molecular formula is C17H22N6O2. The number of hydrogen-bond donors (Lipinski definition) is 2. The number of carbonyl (C=O) groups excluding carboxylic acids is 1. The summed E-state index contributed by atoms with van der Waals surface area (Å²) in [5.41, 5.74) is 13.0. The van der Waals surface area contributed by atoms with Crippen LogP contribution in [0.15, 0.2) is 24.3 Å². The monoisotopic (exact) mass is 342 g/mol. The number of nitrogens with two attached hydrogens (primary N) is 2. The zero-order chi connectivity index (χ0) is 17.8. The number of carbonyl (C=O) groups is 1. The third-order valence-corrected chi connectivity index (χ3v) is 4.08. The Hall–Kier alpha value is -2.74. The van der Waals surface area contributed by atoms with E-state index in [0.717, 1.165) is 30.3 Å². The van der Waals surface area contributed by atoms with Gasteiger partial charge in [0, 0.05) is 36.5 Å². The van der Waals surface area contributed by atoms with E-state index in [-0.39, 0.29) is 17.6 Å². The molecule has 1 amide bonds. The van der Waals surface area contributed by atoms with Gasteiger partial charge in [0.25, 0.3) is 5.91 Å². The van der Waals surface area contributed by atoms with Crippen LogP contribution < -0.4 is 16.4 Å². The minimum Gasteiger partial charge on any atom is -0.379 e. The molecule has 0 radical (unpaired) electrons. The molecule has 1 aliphatic rings.